The Bertz CT molecular complexity index is 724. The van der Waals surface area contributed by atoms with Crippen molar-refractivity contribution in [2.24, 2.45) is 11.8 Å². The smallest absolute Gasteiger partial charge is 0.269 e. The summed E-state index contributed by atoms with van der Waals surface area (Å²) in [5.74, 6) is 1.04. The maximum absolute atomic E-state index is 12.4. The first kappa shape index (κ1) is 19.6. The Kier molecular flexibility index (Phi) is 6.31. The second-order valence-electron chi connectivity index (χ2n) is 7.63. The summed E-state index contributed by atoms with van der Waals surface area (Å²) < 4.78 is 0. The van der Waals surface area contributed by atoms with Crippen molar-refractivity contribution in [3.05, 3.63) is 29.8 Å². The van der Waals surface area contributed by atoms with Crippen LogP contribution in [0.5, 0.6) is 0 Å². The Morgan fingerprint density at radius 3 is 2.74 bits per heavy atom. The molecule has 1 aliphatic carbocycles. The van der Waals surface area contributed by atoms with Crippen LogP contribution in [0.4, 0.5) is 5.69 Å². The number of carbonyl (C=O) groups is 2. The second-order valence-corrected chi connectivity index (χ2v) is 8.03. The molecule has 0 unspecified atom stereocenters. The van der Waals surface area contributed by atoms with Gasteiger partial charge in [-0.2, -0.15) is 0 Å². The minimum Gasteiger partial charge on any atom is -0.358 e. The van der Waals surface area contributed by atoms with Crippen molar-refractivity contribution in [3.63, 3.8) is 0 Å². The summed E-state index contributed by atoms with van der Waals surface area (Å²) in [5, 5.41) is 3.75. The molecule has 2 fully saturated rings. The number of amides is 2. The molecule has 1 aromatic rings. The van der Waals surface area contributed by atoms with Gasteiger partial charge in [0.1, 0.15) is 0 Å². The van der Waals surface area contributed by atoms with E-state index in [1.165, 1.54) is 12.8 Å². The maximum atomic E-state index is 12.4. The largest absolute Gasteiger partial charge is 0.358 e. The maximum Gasteiger partial charge on any atom is 0.269 e. The van der Waals surface area contributed by atoms with Crippen molar-refractivity contribution in [2.75, 3.05) is 11.4 Å². The molecule has 7 heteroatoms. The molecule has 2 aliphatic rings. The highest BCUT2D eigenvalue weighted by atomic mass is 32.1. The van der Waals surface area contributed by atoms with E-state index < -0.39 is 0 Å². The van der Waals surface area contributed by atoms with Crippen LogP contribution < -0.4 is 21.1 Å². The van der Waals surface area contributed by atoms with E-state index in [0.29, 0.717) is 41.5 Å². The number of nitrogens with zero attached hydrogens (tertiary/aromatic N) is 1. The summed E-state index contributed by atoms with van der Waals surface area (Å²) in [7, 11) is 0. The van der Waals surface area contributed by atoms with Gasteiger partial charge in [0, 0.05) is 30.3 Å². The standard InChI is InChI=1S/C20H28N4O2S/c1-13-6-3-9-17(14(13)2)21-20(27)23-22-19(26)15-7-4-8-16(12-15)24-11-5-10-18(24)25/h4,7-8,12-14,17H,3,5-6,9-11H2,1-2H3,(H,22,26)(H2,21,23,27)/t13-,14-,17+/m1/s1. The SMILES string of the molecule is C[C@@H]1[C@H](C)CCC[C@@H]1NC(=S)NNC(=O)c1cccc(N2CCCC2=O)c1. The molecule has 6 nitrogen and oxygen atoms in total. The van der Waals surface area contributed by atoms with Gasteiger partial charge in [0.05, 0.1) is 0 Å². The van der Waals surface area contributed by atoms with Crippen LogP contribution in [-0.4, -0.2) is 29.5 Å². The van der Waals surface area contributed by atoms with E-state index >= 15 is 0 Å². The molecule has 0 radical (unpaired) electrons. The van der Waals surface area contributed by atoms with E-state index in [1.54, 1.807) is 23.1 Å². The number of thiocarbonyl (C=S) groups is 1. The molecule has 3 N–H and O–H groups in total. The monoisotopic (exact) mass is 388 g/mol. The zero-order valence-electron chi connectivity index (χ0n) is 16.0. The molecule has 1 aromatic carbocycles. The van der Waals surface area contributed by atoms with Crippen LogP contribution in [0.2, 0.25) is 0 Å². The zero-order valence-corrected chi connectivity index (χ0v) is 16.8. The first-order chi connectivity index (χ1) is 13.0. The van der Waals surface area contributed by atoms with Gasteiger partial charge in [-0.25, -0.2) is 0 Å². The lowest BCUT2D eigenvalue weighted by Crippen LogP contribution is -2.52. The Labute approximate surface area is 166 Å². The van der Waals surface area contributed by atoms with Gasteiger partial charge in [0.2, 0.25) is 5.91 Å². The van der Waals surface area contributed by atoms with Crippen molar-refractivity contribution in [1.82, 2.24) is 16.2 Å². The van der Waals surface area contributed by atoms with Crippen molar-refractivity contribution in [3.8, 4) is 0 Å². The van der Waals surface area contributed by atoms with Gasteiger partial charge in [-0.1, -0.05) is 32.8 Å². The molecule has 0 spiro atoms. The van der Waals surface area contributed by atoms with Crippen LogP contribution in [-0.2, 0) is 4.79 Å². The van der Waals surface area contributed by atoms with E-state index in [2.05, 4.69) is 30.0 Å². The van der Waals surface area contributed by atoms with Crippen LogP contribution in [0.25, 0.3) is 0 Å². The highest BCUT2D eigenvalue weighted by Gasteiger charge is 2.27. The van der Waals surface area contributed by atoms with Gasteiger partial charge in [-0.15, -0.1) is 0 Å². The molecule has 1 saturated carbocycles. The van der Waals surface area contributed by atoms with Crippen LogP contribution in [0, 0.1) is 11.8 Å². The van der Waals surface area contributed by atoms with Gasteiger partial charge in [0.25, 0.3) is 5.91 Å². The number of hydrogen-bond acceptors (Lipinski definition) is 3. The van der Waals surface area contributed by atoms with Crippen molar-refractivity contribution >= 4 is 34.8 Å². The molecule has 0 aromatic heterocycles. The van der Waals surface area contributed by atoms with E-state index in [-0.39, 0.29) is 11.8 Å². The van der Waals surface area contributed by atoms with Crippen molar-refractivity contribution in [1.29, 1.82) is 0 Å². The number of hydrogen-bond donors (Lipinski definition) is 3. The third-order valence-electron chi connectivity index (χ3n) is 5.81. The average molecular weight is 389 g/mol. The van der Waals surface area contributed by atoms with E-state index in [9.17, 15) is 9.59 Å². The highest BCUT2D eigenvalue weighted by Crippen LogP contribution is 2.29. The van der Waals surface area contributed by atoms with Gasteiger partial charge < -0.3 is 10.2 Å². The van der Waals surface area contributed by atoms with Crippen LogP contribution in [0.1, 0.15) is 56.3 Å². The molecule has 3 atom stereocenters. The predicted molar refractivity (Wildman–Crippen MR) is 110 cm³/mol. The zero-order chi connectivity index (χ0) is 19.4. The number of anilines is 1. The lowest BCUT2D eigenvalue weighted by molar-refractivity contribution is -0.117. The Morgan fingerprint density at radius 2 is 2.00 bits per heavy atom. The lowest BCUT2D eigenvalue weighted by Gasteiger charge is -2.35. The summed E-state index contributed by atoms with van der Waals surface area (Å²) in [5.41, 5.74) is 6.70. The highest BCUT2D eigenvalue weighted by molar-refractivity contribution is 7.80. The minimum absolute atomic E-state index is 0.104. The molecular weight excluding hydrogens is 360 g/mol. The van der Waals surface area contributed by atoms with Gasteiger partial charge in [0.15, 0.2) is 5.11 Å². The number of nitrogens with one attached hydrogen (secondary N) is 3. The third kappa shape index (κ3) is 4.77. The third-order valence-corrected chi connectivity index (χ3v) is 6.03. The molecular formula is C20H28N4O2S. The quantitative estimate of drug-likeness (QED) is 0.548. The molecule has 3 rings (SSSR count). The Morgan fingerprint density at radius 1 is 1.19 bits per heavy atom. The first-order valence-corrected chi connectivity index (χ1v) is 10.1. The Hall–Kier alpha value is -2.15. The molecule has 2 amide bonds. The van der Waals surface area contributed by atoms with E-state index in [1.807, 2.05) is 6.07 Å². The summed E-state index contributed by atoms with van der Waals surface area (Å²) in [6.45, 7) is 5.22. The van der Waals surface area contributed by atoms with Crippen LogP contribution >= 0.6 is 12.2 Å². The molecule has 27 heavy (non-hydrogen) atoms. The van der Waals surface area contributed by atoms with E-state index in [4.69, 9.17) is 12.2 Å². The van der Waals surface area contributed by atoms with E-state index in [0.717, 1.165) is 18.5 Å². The first-order valence-electron chi connectivity index (χ1n) is 9.73. The fourth-order valence-corrected chi connectivity index (χ4v) is 4.11. The number of benzene rings is 1. The number of carbonyl (C=O) groups excluding carboxylic acids is 2. The Balaban J connectivity index is 1.53. The average Bonchev–Trinajstić information content (AvgIpc) is 3.09. The molecule has 1 saturated heterocycles. The van der Waals surface area contributed by atoms with Gasteiger partial charge in [-0.3, -0.25) is 20.4 Å². The summed E-state index contributed by atoms with van der Waals surface area (Å²) in [4.78, 5) is 26.1. The van der Waals surface area contributed by atoms with Crippen LogP contribution in [0.3, 0.4) is 0 Å². The number of rotatable bonds is 3. The molecule has 1 aliphatic heterocycles. The fraction of sp³-hybridized carbons (Fsp3) is 0.550. The minimum atomic E-state index is -0.280. The summed E-state index contributed by atoms with van der Waals surface area (Å²) in [6.07, 6.45) is 4.96. The van der Waals surface area contributed by atoms with Crippen molar-refractivity contribution in [2.45, 2.75) is 52.0 Å². The van der Waals surface area contributed by atoms with Crippen LogP contribution in [0.15, 0.2) is 24.3 Å². The number of hydrazine groups is 1. The molecule has 1 heterocycles. The normalized spacial score (nSPS) is 25.2. The van der Waals surface area contributed by atoms with Crippen molar-refractivity contribution < 1.29 is 9.59 Å². The second kappa shape index (κ2) is 8.69. The topological polar surface area (TPSA) is 73.5 Å². The summed E-state index contributed by atoms with van der Waals surface area (Å²) >= 11 is 5.33. The predicted octanol–water partition coefficient (Wildman–Crippen LogP) is 2.75. The van der Waals surface area contributed by atoms with Gasteiger partial charge in [-0.05, 0) is 55.1 Å². The van der Waals surface area contributed by atoms with Gasteiger partial charge >= 0.3 is 0 Å². The lowest BCUT2D eigenvalue weighted by atomic mass is 9.78. The molecule has 146 valence electrons. The summed E-state index contributed by atoms with van der Waals surface area (Å²) in [6, 6.07) is 7.43. The fourth-order valence-electron chi connectivity index (χ4n) is 3.91. The molecule has 0 bridgehead atoms.